The fourth-order valence-corrected chi connectivity index (χ4v) is 1.60. The first-order chi connectivity index (χ1) is 7.09. The normalized spacial score (nSPS) is 11.7. The summed E-state index contributed by atoms with van der Waals surface area (Å²) in [5.74, 6) is 0. The summed E-state index contributed by atoms with van der Waals surface area (Å²) in [4.78, 5) is 0. The Morgan fingerprint density at radius 3 is 2.33 bits per heavy atom. The van der Waals surface area contributed by atoms with Crippen molar-refractivity contribution in [1.82, 2.24) is 5.16 Å². The molecule has 0 spiro atoms. The van der Waals surface area contributed by atoms with Gasteiger partial charge in [-0.1, -0.05) is 56.3 Å². The van der Waals surface area contributed by atoms with Crippen LogP contribution in [0.2, 0.25) is 0 Å². The minimum atomic E-state index is 0.0121. The molecule has 0 aliphatic heterocycles. The molecule has 1 heterocycles. The third-order valence-electron chi connectivity index (χ3n) is 2.36. The lowest BCUT2D eigenvalue weighted by Crippen LogP contribution is -2.12. The van der Waals surface area contributed by atoms with Crippen LogP contribution < -0.4 is 0 Å². The molecule has 0 N–H and O–H groups in total. The number of aromatic nitrogens is 1. The first-order valence-electron chi connectivity index (χ1n) is 5.09. The zero-order valence-corrected chi connectivity index (χ0v) is 9.32. The maximum Gasteiger partial charge on any atom is 0.131 e. The van der Waals surface area contributed by atoms with Crippen LogP contribution in [0.25, 0.3) is 11.1 Å². The Labute approximate surface area is 89.9 Å². The molecule has 0 aliphatic carbocycles. The molecule has 0 unspecified atom stereocenters. The summed E-state index contributed by atoms with van der Waals surface area (Å²) in [6.45, 7) is 6.41. The predicted octanol–water partition coefficient (Wildman–Crippen LogP) is 3.64. The maximum absolute atomic E-state index is 5.08. The van der Waals surface area contributed by atoms with E-state index in [-0.39, 0.29) is 5.41 Å². The molecule has 0 radical (unpaired) electrons. The van der Waals surface area contributed by atoms with E-state index >= 15 is 0 Å². The first kappa shape index (κ1) is 9.97. The van der Waals surface area contributed by atoms with Gasteiger partial charge in [-0.15, -0.1) is 0 Å². The summed E-state index contributed by atoms with van der Waals surface area (Å²) in [5, 5.41) is 4.09. The van der Waals surface area contributed by atoms with Gasteiger partial charge in [0, 0.05) is 11.0 Å². The Balaban J connectivity index is 2.51. The van der Waals surface area contributed by atoms with E-state index in [0.29, 0.717) is 0 Å². The van der Waals surface area contributed by atoms with Crippen molar-refractivity contribution in [2.75, 3.05) is 0 Å². The molecule has 2 aromatic rings. The van der Waals surface area contributed by atoms with Gasteiger partial charge in [0.1, 0.15) is 6.26 Å². The molecular weight excluding hydrogens is 186 g/mol. The first-order valence-corrected chi connectivity index (χ1v) is 5.09. The van der Waals surface area contributed by atoms with Crippen LogP contribution in [0.1, 0.15) is 26.5 Å². The van der Waals surface area contributed by atoms with Gasteiger partial charge >= 0.3 is 0 Å². The number of benzene rings is 1. The fraction of sp³-hybridized carbons (Fsp3) is 0.308. The quantitative estimate of drug-likeness (QED) is 0.704. The van der Waals surface area contributed by atoms with Gasteiger partial charge in [0.15, 0.2) is 0 Å². The van der Waals surface area contributed by atoms with Gasteiger partial charge in [-0.3, -0.25) is 0 Å². The largest absolute Gasteiger partial charge is 0.364 e. The van der Waals surface area contributed by atoms with E-state index < -0.39 is 0 Å². The Hall–Kier alpha value is -1.57. The SMILES string of the molecule is CC(C)(C)c1nocc1-c1ccccc1. The van der Waals surface area contributed by atoms with Crippen LogP contribution >= 0.6 is 0 Å². The minimum Gasteiger partial charge on any atom is -0.364 e. The second-order valence-electron chi connectivity index (χ2n) is 4.69. The number of nitrogens with zero attached hydrogens (tertiary/aromatic N) is 1. The molecule has 0 fully saturated rings. The van der Waals surface area contributed by atoms with Crippen molar-refractivity contribution < 1.29 is 4.52 Å². The van der Waals surface area contributed by atoms with Crippen molar-refractivity contribution >= 4 is 0 Å². The van der Waals surface area contributed by atoms with E-state index in [4.69, 9.17) is 4.52 Å². The van der Waals surface area contributed by atoms with Crippen molar-refractivity contribution in [1.29, 1.82) is 0 Å². The van der Waals surface area contributed by atoms with E-state index in [0.717, 1.165) is 16.8 Å². The average molecular weight is 201 g/mol. The van der Waals surface area contributed by atoms with Gasteiger partial charge in [0.25, 0.3) is 0 Å². The van der Waals surface area contributed by atoms with Gasteiger partial charge < -0.3 is 4.52 Å². The number of rotatable bonds is 1. The topological polar surface area (TPSA) is 26.0 Å². The molecule has 0 bridgehead atoms. The zero-order chi connectivity index (χ0) is 10.9. The van der Waals surface area contributed by atoms with E-state index in [1.165, 1.54) is 0 Å². The van der Waals surface area contributed by atoms with Crippen LogP contribution in [0.5, 0.6) is 0 Å². The molecular formula is C13H15NO. The molecule has 78 valence electrons. The lowest BCUT2D eigenvalue weighted by Gasteiger charge is -2.16. The van der Waals surface area contributed by atoms with Crippen LogP contribution in [-0.2, 0) is 5.41 Å². The van der Waals surface area contributed by atoms with Crippen molar-refractivity contribution in [3.63, 3.8) is 0 Å². The summed E-state index contributed by atoms with van der Waals surface area (Å²) in [7, 11) is 0. The van der Waals surface area contributed by atoms with E-state index in [1.807, 2.05) is 18.2 Å². The highest BCUT2D eigenvalue weighted by molar-refractivity contribution is 5.65. The molecule has 0 saturated heterocycles. The Kier molecular flexibility index (Phi) is 2.35. The number of hydrogen-bond donors (Lipinski definition) is 0. The van der Waals surface area contributed by atoms with Gasteiger partial charge in [-0.2, -0.15) is 0 Å². The second kappa shape index (κ2) is 3.54. The molecule has 1 aromatic carbocycles. The highest BCUT2D eigenvalue weighted by atomic mass is 16.5. The smallest absolute Gasteiger partial charge is 0.131 e. The number of hydrogen-bond acceptors (Lipinski definition) is 2. The molecule has 0 atom stereocenters. The molecule has 0 aliphatic rings. The van der Waals surface area contributed by atoms with E-state index in [2.05, 4.69) is 38.1 Å². The van der Waals surface area contributed by atoms with Crippen LogP contribution in [-0.4, -0.2) is 5.16 Å². The van der Waals surface area contributed by atoms with Gasteiger partial charge in [0.2, 0.25) is 0 Å². The van der Waals surface area contributed by atoms with Crippen LogP contribution in [0.4, 0.5) is 0 Å². The predicted molar refractivity (Wildman–Crippen MR) is 60.6 cm³/mol. The Morgan fingerprint density at radius 2 is 1.73 bits per heavy atom. The average Bonchev–Trinajstić information content (AvgIpc) is 2.67. The maximum atomic E-state index is 5.08. The van der Waals surface area contributed by atoms with Gasteiger partial charge in [-0.05, 0) is 5.56 Å². The van der Waals surface area contributed by atoms with E-state index in [1.54, 1.807) is 6.26 Å². The Bertz CT molecular complexity index is 437. The molecule has 0 amide bonds. The highest BCUT2D eigenvalue weighted by Gasteiger charge is 2.22. The molecule has 15 heavy (non-hydrogen) atoms. The van der Waals surface area contributed by atoms with Crippen molar-refractivity contribution in [3.8, 4) is 11.1 Å². The van der Waals surface area contributed by atoms with Gasteiger partial charge in [-0.25, -0.2) is 0 Å². The summed E-state index contributed by atoms with van der Waals surface area (Å²) in [6.07, 6.45) is 1.72. The van der Waals surface area contributed by atoms with Crippen molar-refractivity contribution in [2.24, 2.45) is 0 Å². The van der Waals surface area contributed by atoms with Crippen LogP contribution in [0.3, 0.4) is 0 Å². The molecule has 2 rings (SSSR count). The second-order valence-corrected chi connectivity index (χ2v) is 4.69. The Morgan fingerprint density at radius 1 is 1.07 bits per heavy atom. The van der Waals surface area contributed by atoms with Crippen molar-refractivity contribution in [2.45, 2.75) is 26.2 Å². The summed E-state index contributed by atoms with van der Waals surface area (Å²) < 4.78 is 5.08. The molecule has 0 saturated carbocycles. The fourth-order valence-electron chi connectivity index (χ4n) is 1.60. The standard InChI is InChI=1S/C13H15NO/c1-13(2,3)12-11(9-15-14-12)10-7-5-4-6-8-10/h4-9H,1-3H3. The molecule has 2 heteroatoms. The van der Waals surface area contributed by atoms with Crippen LogP contribution in [0.15, 0.2) is 41.1 Å². The van der Waals surface area contributed by atoms with E-state index in [9.17, 15) is 0 Å². The monoisotopic (exact) mass is 201 g/mol. The van der Waals surface area contributed by atoms with Crippen molar-refractivity contribution in [3.05, 3.63) is 42.3 Å². The van der Waals surface area contributed by atoms with Crippen LogP contribution in [0, 0.1) is 0 Å². The third kappa shape index (κ3) is 1.94. The lowest BCUT2D eigenvalue weighted by molar-refractivity contribution is 0.393. The minimum absolute atomic E-state index is 0.0121. The highest BCUT2D eigenvalue weighted by Crippen LogP contribution is 2.31. The summed E-state index contributed by atoms with van der Waals surface area (Å²) >= 11 is 0. The van der Waals surface area contributed by atoms with Gasteiger partial charge in [0.05, 0.1) is 5.69 Å². The summed E-state index contributed by atoms with van der Waals surface area (Å²) in [6, 6.07) is 10.2. The molecule has 1 aromatic heterocycles. The summed E-state index contributed by atoms with van der Waals surface area (Å²) in [5.41, 5.74) is 3.26. The third-order valence-corrected chi connectivity index (χ3v) is 2.36. The zero-order valence-electron chi connectivity index (χ0n) is 9.32. The lowest BCUT2D eigenvalue weighted by atomic mass is 9.87. The molecule has 2 nitrogen and oxygen atoms in total.